The molecule has 1 fully saturated rings. The van der Waals surface area contributed by atoms with Crippen molar-refractivity contribution in [3.05, 3.63) is 21.8 Å². The van der Waals surface area contributed by atoms with Crippen molar-refractivity contribution in [2.45, 2.75) is 12.8 Å². The average molecular weight is 290 g/mol. The molecule has 0 saturated heterocycles. The molecule has 1 heterocycles. The molecule has 0 atom stereocenters. The number of aliphatic hydroxyl groups is 1. The zero-order valence-corrected chi connectivity index (χ0v) is 11.1. The van der Waals surface area contributed by atoms with E-state index in [0.29, 0.717) is 6.54 Å². The molecule has 1 saturated carbocycles. The number of amides is 1. The lowest BCUT2D eigenvalue weighted by molar-refractivity contribution is 0.0936. The number of nitrogens with one attached hydrogen (secondary N) is 1. The first kappa shape index (κ1) is 13.4. The van der Waals surface area contributed by atoms with Crippen molar-refractivity contribution in [3.63, 3.8) is 0 Å². The largest absolute Gasteiger partial charge is 0.396 e. The van der Waals surface area contributed by atoms with Gasteiger partial charge in [0.15, 0.2) is 0 Å². The van der Waals surface area contributed by atoms with E-state index in [1.54, 1.807) is 0 Å². The summed E-state index contributed by atoms with van der Waals surface area (Å²) in [6.45, 7) is 0.490. The summed E-state index contributed by atoms with van der Waals surface area (Å²) in [6, 6.07) is 1.39. The van der Waals surface area contributed by atoms with E-state index < -0.39 is 0 Å². The van der Waals surface area contributed by atoms with Gasteiger partial charge in [-0.05, 0) is 18.9 Å². The number of halogens is 2. The predicted molar refractivity (Wildman–Crippen MR) is 69.8 cm³/mol. The second-order valence-electron chi connectivity index (χ2n) is 4.53. The summed E-state index contributed by atoms with van der Waals surface area (Å²) >= 11 is 11.5. The Morgan fingerprint density at radius 3 is 2.78 bits per heavy atom. The lowest BCUT2D eigenvalue weighted by atomic mass is 10.1. The molecule has 1 aliphatic carbocycles. The molecule has 5 nitrogen and oxygen atoms in total. The smallest absolute Gasteiger partial charge is 0.255 e. The normalized spacial score (nSPS) is 16.4. The number of carbonyl (C=O) groups is 1. The molecule has 0 aromatic carbocycles. The van der Waals surface area contributed by atoms with Crippen LogP contribution in [0.2, 0.25) is 10.2 Å². The first-order valence-electron chi connectivity index (χ1n) is 5.48. The molecule has 7 heteroatoms. The first-order chi connectivity index (χ1) is 8.47. The van der Waals surface area contributed by atoms with Gasteiger partial charge in [-0.15, -0.1) is 0 Å². The molecule has 4 N–H and O–H groups in total. The van der Waals surface area contributed by atoms with Crippen molar-refractivity contribution in [2.75, 3.05) is 18.9 Å². The highest BCUT2D eigenvalue weighted by Crippen LogP contribution is 2.44. The van der Waals surface area contributed by atoms with Gasteiger partial charge in [-0.2, -0.15) is 0 Å². The van der Waals surface area contributed by atoms with Crippen LogP contribution in [-0.2, 0) is 0 Å². The number of nitrogen functional groups attached to an aromatic ring is 1. The van der Waals surface area contributed by atoms with Gasteiger partial charge in [0.1, 0.15) is 11.0 Å². The number of aliphatic hydroxyl groups excluding tert-OH is 1. The van der Waals surface area contributed by atoms with Crippen molar-refractivity contribution in [3.8, 4) is 0 Å². The molecule has 1 aromatic heterocycles. The lowest BCUT2D eigenvalue weighted by Gasteiger charge is -2.13. The van der Waals surface area contributed by atoms with E-state index in [1.165, 1.54) is 6.07 Å². The van der Waals surface area contributed by atoms with Crippen molar-refractivity contribution in [2.24, 2.45) is 5.41 Å². The summed E-state index contributed by atoms with van der Waals surface area (Å²) in [5.74, 6) is -0.325. The summed E-state index contributed by atoms with van der Waals surface area (Å²) in [4.78, 5) is 15.7. The maximum atomic E-state index is 11.9. The third-order valence-electron chi connectivity index (χ3n) is 3.12. The van der Waals surface area contributed by atoms with Gasteiger partial charge >= 0.3 is 0 Å². The highest BCUT2D eigenvalue weighted by molar-refractivity contribution is 6.41. The number of anilines is 1. The minimum atomic E-state index is -0.363. The van der Waals surface area contributed by atoms with E-state index in [2.05, 4.69) is 10.3 Å². The molecule has 1 aliphatic rings. The van der Waals surface area contributed by atoms with Gasteiger partial charge in [0.25, 0.3) is 5.91 Å². The van der Waals surface area contributed by atoms with Crippen LogP contribution in [-0.4, -0.2) is 29.1 Å². The van der Waals surface area contributed by atoms with E-state index in [9.17, 15) is 4.79 Å². The van der Waals surface area contributed by atoms with Gasteiger partial charge in [0.05, 0.1) is 17.2 Å². The molecule has 0 radical (unpaired) electrons. The Morgan fingerprint density at radius 2 is 2.22 bits per heavy atom. The van der Waals surface area contributed by atoms with Crippen LogP contribution < -0.4 is 11.1 Å². The van der Waals surface area contributed by atoms with Crippen LogP contribution >= 0.6 is 23.2 Å². The number of nitrogens with zero attached hydrogens (tertiary/aromatic N) is 1. The Kier molecular flexibility index (Phi) is 3.66. The summed E-state index contributed by atoms with van der Waals surface area (Å²) in [7, 11) is 0. The molecular formula is C11H13Cl2N3O2. The molecule has 1 amide bonds. The predicted octanol–water partition coefficient (Wildman–Crippen LogP) is 1.47. The van der Waals surface area contributed by atoms with Crippen LogP contribution in [0.4, 0.5) is 5.82 Å². The lowest BCUT2D eigenvalue weighted by Crippen LogP contribution is -2.32. The van der Waals surface area contributed by atoms with Crippen LogP contribution in [0.1, 0.15) is 23.2 Å². The van der Waals surface area contributed by atoms with E-state index in [0.717, 1.165) is 12.8 Å². The van der Waals surface area contributed by atoms with Crippen LogP contribution in [0.25, 0.3) is 0 Å². The fraction of sp³-hybridized carbons (Fsp3) is 0.455. The molecule has 1 aromatic rings. The standard InChI is InChI=1S/C11H13Cl2N3O2/c12-7-3-6(9(14)16-8(7)13)10(18)15-4-11(5-17)1-2-11/h3,17H,1-2,4-5H2,(H2,14,16)(H,15,18). The molecule has 98 valence electrons. The number of nitrogens with two attached hydrogens (primary N) is 1. The van der Waals surface area contributed by atoms with Crippen molar-refractivity contribution < 1.29 is 9.90 Å². The average Bonchev–Trinajstić information content (AvgIpc) is 3.11. The number of rotatable bonds is 4. The van der Waals surface area contributed by atoms with Crippen LogP contribution in [0.5, 0.6) is 0 Å². The third kappa shape index (κ3) is 2.68. The molecule has 0 aliphatic heterocycles. The number of hydrogen-bond acceptors (Lipinski definition) is 4. The van der Waals surface area contributed by atoms with Crippen molar-refractivity contribution >= 4 is 34.9 Å². The van der Waals surface area contributed by atoms with Gasteiger partial charge in [-0.25, -0.2) is 4.98 Å². The topological polar surface area (TPSA) is 88.2 Å². The van der Waals surface area contributed by atoms with Crippen molar-refractivity contribution in [1.29, 1.82) is 0 Å². The molecule has 0 bridgehead atoms. The number of pyridine rings is 1. The Morgan fingerprint density at radius 1 is 1.56 bits per heavy atom. The summed E-state index contributed by atoms with van der Waals surface area (Å²) in [5.41, 5.74) is 5.65. The van der Waals surface area contributed by atoms with Gasteiger partial charge in [0, 0.05) is 12.0 Å². The zero-order valence-electron chi connectivity index (χ0n) is 9.54. The van der Waals surface area contributed by atoms with Gasteiger partial charge in [-0.3, -0.25) is 4.79 Å². The summed E-state index contributed by atoms with van der Waals surface area (Å²) in [6.07, 6.45) is 1.83. The molecular weight excluding hydrogens is 277 g/mol. The molecule has 18 heavy (non-hydrogen) atoms. The third-order valence-corrected chi connectivity index (χ3v) is 3.80. The minimum Gasteiger partial charge on any atom is -0.396 e. The quantitative estimate of drug-likeness (QED) is 0.733. The van der Waals surface area contributed by atoms with Crippen LogP contribution in [0, 0.1) is 5.41 Å². The Labute approximate surface area is 114 Å². The number of aromatic nitrogens is 1. The van der Waals surface area contributed by atoms with E-state index in [4.69, 9.17) is 34.0 Å². The van der Waals surface area contributed by atoms with Gasteiger partial charge < -0.3 is 16.2 Å². The summed E-state index contributed by atoms with van der Waals surface area (Å²) < 4.78 is 0. The van der Waals surface area contributed by atoms with E-state index in [-0.39, 0.29) is 39.5 Å². The van der Waals surface area contributed by atoms with Gasteiger partial charge in [0.2, 0.25) is 0 Å². The Balaban J connectivity index is 2.07. The zero-order chi connectivity index (χ0) is 13.3. The van der Waals surface area contributed by atoms with Crippen molar-refractivity contribution in [1.82, 2.24) is 10.3 Å². The van der Waals surface area contributed by atoms with E-state index >= 15 is 0 Å². The number of hydrogen-bond donors (Lipinski definition) is 3. The molecule has 2 rings (SSSR count). The molecule has 0 unspecified atom stereocenters. The maximum Gasteiger partial charge on any atom is 0.255 e. The highest BCUT2D eigenvalue weighted by Gasteiger charge is 2.42. The second kappa shape index (κ2) is 4.91. The monoisotopic (exact) mass is 289 g/mol. The second-order valence-corrected chi connectivity index (χ2v) is 5.30. The van der Waals surface area contributed by atoms with Crippen LogP contribution in [0.15, 0.2) is 6.07 Å². The summed E-state index contributed by atoms with van der Waals surface area (Å²) in [5, 5.41) is 12.1. The minimum absolute atomic E-state index is 0.0377. The SMILES string of the molecule is Nc1nc(Cl)c(Cl)cc1C(=O)NCC1(CO)CC1. The number of carbonyl (C=O) groups excluding carboxylic acids is 1. The fourth-order valence-electron chi connectivity index (χ4n) is 1.59. The maximum absolute atomic E-state index is 11.9. The molecule has 0 spiro atoms. The van der Waals surface area contributed by atoms with Crippen LogP contribution in [0.3, 0.4) is 0 Å². The first-order valence-corrected chi connectivity index (χ1v) is 6.24. The Hall–Kier alpha value is -1.04. The highest BCUT2D eigenvalue weighted by atomic mass is 35.5. The Bertz CT molecular complexity index is 489. The fourth-order valence-corrected chi connectivity index (χ4v) is 1.89. The van der Waals surface area contributed by atoms with Gasteiger partial charge in [-0.1, -0.05) is 23.2 Å². The van der Waals surface area contributed by atoms with E-state index in [1.807, 2.05) is 0 Å².